The maximum absolute atomic E-state index is 13.3. The van der Waals surface area contributed by atoms with Gasteiger partial charge in [-0.1, -0.05) is 40.9 Å². The number of hydrogen-bond donors (Lipinski definition) is 1. The van der Waals surface area contributed by atoms with Gasteiger partial charge in [0, 0.05) is 21.3 Å². The Morgan fingerprint density at radius 2 is 1.87 bits per heavy atom. The molecule has 0 bridgehead atoms. The minimum absolute atomic E-state index is 0.119. The van der Waals surface area contributed by atoms with Gasteiger partial charge in [0.1, 0.15) is 19.0 Å². The van der Waals surface area contributed by atoms with Gasteiger partial charge < -0.3 is 14.8 Å². The number of imide groups is 1. The molecule has 0 unspecified atom stereocenters. The Kier molecular flexibility index (Phi) is 9.45. The number of nitrogens with one attached hydrogen (secondary N) is 1. The summed E-state index contributed by atoms with van der Waals surface area (Å²) in [6.07, 6.45) is 1.51. The Bertz CT molecular complexity index is 1520. The van der Waals surface area contributed by atoms with Crippen LogP contribution < -0.4 is 14.8 Å². The van der Waals surface area contributed by atoms with Crippen LogP contribution in [0.5, 0.6) is 11.5 Å². The molecule has 3 aromatic carbocycles. The minimum atomic E-state index is -0.645. The van der Waals surface area contributed by atoms with E-state index < -0.39 is 29.4 Å². The fourth-order valence-electron chi connectivity index (χ4n) is 3.46. The highest BCUT2D eigenvalue weighted by Crippen LogP contribution is 2.40. The Morgan fingerprint density at radius 3 is 2.56 bits per heavy atom. The molecule has 7 nitrogen and oxygen atoms in total. The summed E-state index contributed by atoms with van der Waals surface area (Å²) in [7, 11) is 1.47. The van der Waals surface area contributed by atoms with Crippen LogP contribution in [0.15, 0.2) is 57.9 Å². The predicted molar refractivity (Wildman–Crippen MR) is 154 cm³/mol. The Labute approximate surface area is 250 Å². The highest BCUT2D eigenvalue weighted by atomic mass is 79.9. The molecule has 0 spiro atoms. The first-order valence-corrected chi connectivity index (χ1v) is 13.7. The third-order valence-electron chi connectivity index (χ3n) is 5.32. The van der Waals surface area contributed by atoms with Gasteiger partial charge in [-0.25, -0.2) is 4.39 Å². The lowest BCUT2D eigenvalue weighted by Crippen LogP contribution is -2.36. The quantitative estimate of drug-likeness (QED) is 0.246. The summed E-state index contributed by atoms with van der Waals surface area (Å²) in [5.41, 5.74) is 1.50. The molecule has 0 aromatic heterocycles. The molecule has 3 amide bonds. The molecule has 0 aliphatic carbocycles. The van der Waals surface area contributed by atoms with E-state index in [1.54, 1.807) is 30.3 Å². The molecule has 0 atom stereocenters. The number of hydrogen-bond acceptors (Lipinski definition) is 6. The van der Waals surface area contributed by atoms with Crippen molar-refractivity contribution < 1.29 is 28.2 Å². The summed E-state index contributed by atoms with van der Waals surface area (Å²) in [5, 5.41) is 2.67. The highest BCUT2D eigenvalue weighted by Gasteiger charge is 2.36. The zero-order valence-electron chi connectivity index (χ0n) is 19.9. The zero-order chi connectivity index (χ0) is 28.3. The first kappa shape index (κ1) is 29.2. The molecule has 3 aromatic rings. The number of nitrogens with zero attached hydrogens (tertiary/aromatic N) is 1. The summed E-state index contributed by atoms with van der Waals surface area (Å²) >= 11 is 22.1. The fraction of sp³-hybridized carbons (Fsp3) is 0.115. The molecule has 1 aliphatic heterocycles. The van der Waals surface area contributed by atoms with Gasteiger partial charge in [0.25, 0.3) is 11.1 Å². The van der Waals surface area contributed by atoms with Gasteiger partial charge in [-0.15, -0.1) is 0 Å². The van der Waals surface area contributed by atoms with Crippen molar-refractivity contribution in [1.29, 1.82) is 0 Å². The van der Waals surface area contributed by atoms with E-state index in [2.05, 4.69) is 21.2 Å². The van der Waals surface area contributed by atoms with E-state index in [-0.39, 0.29) is 22.2 Å². The van der Waals surface area contributed by atoms with Crippen molar-refractivity contribution in [3.8, 4) is 11.5 Å². The smallest absolute Gasteiger partial charge is 0.294 e. The number of ether oxygens (including phenoxy) is 2. The van der Waals surface area contributed by atoms with E-state index in [9.17, 15) is 18.8 Å². The van der Waals surface area contributed by atoms with Crippen LogP contribution in [-0.4, -0.2) is 35.6 Å². The fourth-order valence-corrected chi connectivity index (χ4v) is 5.51. The van der Waals surface area contributed by atoms with Crippen molar-refractivity contribution in [3.63, 3.8) is 0 Å². The second kappa shape index (κ2) is 12.6. The second-order valence-electron chi connectivity index (χ2n) is 8.00. The van der Waals surface area contributed by atoms with Gasteiger partial charge in [-0.3, -0.25) is 19.3 Å². The molecule has 1 saturated heterocycles. The molecular weight excluding hydrogens is 658 g/mol. The van der Waals surface area contributed by atoms with Crippen LogP contribution in [0.1, 0.15) is 11.1 Å². The van der Waals surface area contributed by atoms with Gasteiger partial charge in [0.05, 0.1) is 21.5 Å². The van der Waals surface area contributed by atoms with Crippen molar-refractivity contribution in [2.75, 3.05) is 19.0 Å². The maximum atomic E-state index is 13.3. The number of benzene rings is 3. The standard InChI is InChI=1S/C26H17BrCl3FN2O5S/c1-37-21-7-13(6-17(27)24(21)38-12-14-2-3-15(28)9-18(14)29)8-22-25(35)33(26(36)39-22)11-23(34)32-16-4-5-20(31)19(30)10-16/h2-10H,11-12H2,1H3,(H,32,34)/b22-8+. The minimum Gasteiger partial charge on any atom is -0.493 e. The average Bonchev–Trinajstić information content (AvgIpc) is 3.13. The lowest BCUT2D eigenvalue weighted by molar-refractivity contribution is -0.127. The van der Waals surface area contributed by atoms with Crippen molar-refractivity contribution in [3.05, 3.63) is 89.9 Å². The highest BCUT2D eigenvalue weighted by molar-refractivity contribution is 9.10. The monoisotopic (exact) mass is 672 g/mol. The SMILES string of the molecule is COc1cc(/C=C2/SC(=O)N(CC(=O)Nc3ccc(F)c(Cl)c3)C2=O)cc(Br)c1OCc1ccc(Cl)cc1Cl. The van der Waals surface area contributed by atoms with Crippen LogP contribution in [-0.2, 0) is 16.2 Å². The summed E-state index contributed by atoms with van der Waals surface area (Å²) in [4.78, 5) is 38.7. The van der Waals surface area contributed by atoms with E-state index >= 15 is 0 Å². The van der Waals surface area contributed by atoms with Gasteiger partial charge in [0.15, 0.2) is 11.5 Å². The molecule has 0 saturated carbocycles. The maximum Gasteiger partial charge on any atom is 0.294 e. The number of rotatable bonds is 8. The number of halogens is 5. The van der Waals surface area contributed by atoms with Crippen molar-refractivity contribution >= 4 is 91.3 Å². The number of methoxy groups -OCH3 is 1. The van der Waals surface area contributed by atoms with Crippen LogP contribution in [0.3, 0.4) is 0 Å². The van der Waals surface area contributed by atoms with Gasteiger partial charge >= 0.3 is 0 Å². The molecule has 1 heterocycles. The predicted octanol–water partition coefficient (Wildman–Crippen LogP) is 7.81. The van der Waals surface area contributed by atoms with Gasteiger partial charge in [0.2, 0.25) is 5.91 Å². The molecule has 0 radical (unpaired) electrons. The lowest BCUT2D eigenvalue weighted by atomic mass is 10.1. The molecule has 1 aliphatic rings. The topological polar surface area (TPSA) is 84.9 Å². The summed E-state index contributed by atoms with van der Waals surface area (Å²) in [6.45, 7) is -0.376. The Hall–Kier alpha value is -2.76. The molecule has 39 heavy (non-hydrogen) atoms. The molecule has 13 heteroatoms. The third kappa shape index (κ3) is 7.06. The number of anilines is 1. The molecule has 1 fully saturated rings. The first-order chi connectivity index (χ1) is 18.5. The average molecular weight is 675 g/mol. The molecular formula is C26H17BrCl3FN2O5S. The van der Waals surface area contributed by atoms with Crippen molar-refractivity contribution in [1.82, 2.24) is 4.90 Å². The Morgan fingerprint density at radius 1 is 1.10 bits per heavy atom. The van der Waals surface area contributed by atoms with E-state index in [0.717, 1.165) is 16.5 Å². The lowest BCUT2D eigenvalue weighted by Gasteiger charge is -2.14. The number of amides is 3. The zero-order valence-corrected chi connectivity index (χ0v) is 24.6. The third-order valence-corrected chi connectivity index (χ3v) is 7.69. The van der Waals surface area contributed by atoms with E-state index in [4.69, 9.17) is 44.3 Å². The normalized spacial score (nSPS) is 14.2. The van der Waals surface area contributed by atoms with E-state index in [1.807, 2.05) is 0 Å². The largest absolute Gasteiger partial charge is 0.493 e. The first-order valence-electron chi connectivity index (χ1n) is 11.0. The van der Waals surface area contributed by atoms with Crippen molar-refractivity contribution in [2.45, 2.75) is 6.61 Å². The van der Waals surface area contributed by atoms with E-state index in [1.165, 1.54) is 25.3 Å². The molecule has 4 rings (SSSR count). The summed E-state index contributed by atoms with van der Waals surface area (Å²) in [5.74, 6) is -1.14. The van der Waals surface area contributed by atoms with E-state index in [0.29, 0.717) is 43.3 Å². The number of carbonyl (C=O) groups excluding carboxylic acids is 3. The summed E-state index contributed by atoms with van der Waals surface area (Å²) in [6, 6.07) is 12.0. The second-order valence-corrected chi connectivity index (χ2v) is 11.1. The van der Waals surface area contributed by atoms with Crippen molar-refractivity contribution in [2.24, 2.45) is 0 Å². The van der Waals surface area contributed by atoms with Crippen LogP contribution in [0.2, 0.25) is 15.1 Å². The van der Waals surface area contributed by atoms with Crippen LogP contribution >= 0.6 is 62.5 Å². The van der Waals surface area contributed by atoms with Crippen LogP contribution in [0.4, 0.5) is 14.9 Å². The van der Waals surface area contributed by atoms with Crippen LogP contribution in [0, 0.1) is 5.82 Å². The molecule has 202 valence electrons. The summed E-state index contributed by atoms with van der Waals surface area (Å²) < 4.78 is 25.3. The Balaban J connectivity index is 1.47. The molecule has 1 N–H and O–H groups in total. The van der Waals surface area contributed by atoms with Gasteiger partial charge in [-0.2, -0.15) is 0 Å². The number of carbonyl (C=O) groups is 3. The van der Waals surface area contributed by atoms with Crippen LogP contribution in [0.25, 0.3) is 6.08 Å². The van der Waals surface area contributed by atoms with Gasteiger partial charge in [-0.05, 0) is 81.8 Å². The number of thioether (sulfide) groups is 1.